The molecule has 0 bridgehead atoms. The van der Waals surface area contributed by atoms with E-state index in [2.05, 4.69) is 10.5 Å². The molecule has 1 atom stereocenters. The molecule has 0 aliphatic carbocycles. The quantitative estimate of drug-likeness (QED) is 0.876. The number of nitrogens with zero attached hydrogens (tertiary/aromatic N) is 1. The smallest absolute Gasteiger partial charge is 0.381 e. The maximum absolute atomic E-state index is 12.0. The summed E-state index contributed by atoms with van der Waals surface area (Å²) in [5.41, 5.74) is 0.0934. The molecule has 1 aromatic heterocycles. The lowest BCUT2D eigenvalue weighted by Gasteiger charge is -2.07. The van der Waals surface area contributed by atoms with Crippen molar-refractivity contribution in [1.82, 2.24) is 10.5 Å². The van der Waals surface area contributed by atoms with Crippen molar-refractivity contribution in [3.63, 3.8) is 0 Å². The van der Waals surface area contributed by atoms with Crippen LogP contribution < -0.4 is 5.32 Å². The molecule has 1 saturated heterocycles. The summed E-state index contributed by atoms with van der Waals surface area (Å²) in [6, 6.07) is 1.39. The van der Waals surface area contributed by atoms with E-state index in [0.717, 1.165) is 6.42 Å². The van der Waals surface area contributed by atoms with E-state index in [4.69, 9.17) is 9.26 Å². The van der Waals surface area contributed by atoms with Gasteiger partial charge in [-0.25, -0.2) is 0 Å². The molecule has 1 N–H and O–H groups in total. The van der Waals surface area contributed by atoms with Crippen LogP contribution in [-0.4, -0.2) is 37.0 Å². The SMILES string of the molecule is O=C(NCC1CCOC1)c1cc(CCCC(F)(F)F)on1. The van der Waals surface area contributed by atoms with Gasteiger partial charge in [0.15, 0.2) is 5.69 Å². The average Bonchev–Trinajstić information content (AvgIpc) is 3.05. The number of rotatable bonds is 6. The summed E-state index contributed by atoms with van der Waals surface area (Å²) >= 11 is 0. The minimum atomic E-state index is -4.18. The molecule has 0 saturated carbocycles. The first-order valence-corrected chi connectivity index (χ1v) is 6.82. The Hall–Kier alpha value is -1.57. The molecule has 5 nitrogen and oxygen atoms in total. The van der Waals surface area contributed by atoms with Crippen molar-refractivity contribution in [3.8, 4) is 0 Å². The number of aryl methyl sites for hydroxylation is 1. The Morgan fingerprint density at radius 3 is 2.95 bits per heavy atom. The Morgan fingerprint density at radius 2 is 2.29 bits per heavy atom. The number of carbonyl (C=O) groups excluding carboxylic acids is 1. The van der Waals surface area contributed by atoms with Crippen LogP contribution in [0.15, 0.2) is 10.6 Å². The average molecular weight is 306 g/mol. The summed E-state index contributed by atoms with van der Waals surface area (Å²) in [4.78, 5) is 11.8. The van der Waals surface area contributed by atoms with Gasteiger partial charge in [0.05, 0.1) is 6.61 Å². The van der Waals surface area contributed by atoms with Crippen molar-refractivity contribution in [2.45, 2.75) is 31.9 Å². The Labute approximate surface area is 119 Å². The summed E-state index contributed by atoms with van der Waals surface area (Å²) < 4.78 is 46.1. The number of hydrogen-bond acceptors (Lipinski definition) is 4. The second-order valence-electron chi connectivity index (χ2n) is 5.09. The molecule has 1 aliphatic heterocycles. The van der Waals surface area contributed by atoms with E-state index in [9.17, 15) is 18.0 Å². The third-order valence-corrected chi connectivity index (χ3v) is 3.25. The van der Waals surface area contributed by atoms with E-state index in [1.54, 1.807) is 0 Å². The molecule has 8 heteroatoms. The monoisotopic (exact) mass is 306 g/mol. The van der Waals surface area contributed by atoms with Gasteiger partial charge in [0, 0.05) is 38.0 Å². The summed E-state index contributed by atoms with van der Waals surface area (Å²) in [5, 5.41) is 6.29. The van der Waals surface area contributed by atoms with Crippen LogP contribution in [0.2, 0.25) is 0 Å². The van der Waals surface area contributed by atoms with Crippen LogP contribution in [0, 0.1) is 5.92 Å². The highest BCUT2D eigenvalue weighted by atomic mass is 19.4. The highest BCUT2D eigenvalue weighted by Crippen LogP contribution is 2.22. The van der Waals surface area contributed by atoms with Gasteiger partial charge in [0.1, 0.15) is 5.76 Å². The van der Waals surface area contributed by atoms with Crippen molar-refractivity contribution in [2.24, 2.45) is 5.92 Å². The van der Waals surface area contributed by atoms with Crippen molar-refractivity contribution in [3.05, 3.63) is 17.5 Å². The normalized spacial score (nSPS) is 18.9. The molecule has 1 unspecified atom stereocenters. The van der Waals surface area contributed by atoms with Crippen LogP contribution >= 0.6 is 0 Å². The fourth-order valence-corrected chi connectivity index (χ4v) is 2.07. The van der Waals surface area contributed by atoms with Gasteiger partial charge in [-0.2, -0.15) is 13.2 Å². The van der Waals surface area contributed by atoms with Gasteiger partial charge in [-0.15, -0.1) is 0 Å². The minimum absolute atomic E-state index is 0.0842. The Kier molecular flexibility index (Phi) is 5.22. The number of aromatic nitrogens is 1. The van der Waals surface area contributed by atoms with E-state index in [0.29, 0.717) is 25.7 Å². The van der Waals surface area contributed by atoms with Gasteiger partial charge in [-0.3, -0.25) is 4.79 Å². The number of ether oxygens (including phenoxy) is 1. The topological polar surface area (TPSA) is 64.4 Å². The van der Waals surface area contributed by atoms with Gasteiger partial charge in [-0.1, -0.05) is 5.16 Å². The van der Waals surface area contributed by atoms with Crippen LogP contribution in [0.3, 0.4) is 0 Å². The van der Waals surface area contributed by atoms with Crippen molar-refractivity contribution < 1.29 is 27.2 Å². The predicted molar refractivity (Wildman–Crippen MR) is 66.8 cm³/mol. The second-order valence-corrected chi connectivity index (χ2v) is 5.09. The van der Waals surface area contributed by atoms with E-state index in [1.165, 1.54) is 6.07 Å². The molecule has 118 valence electrons. The molecule has 0 radical (unpaired) electrons. The predicted octanol–water partition coefficient (Wildman–Crippen LogP) is 2.33. The van der Waals surface area contributed by atoms with Gasteiger partial charge < -0.3 is 14.6 Å². The Morgan fingerprint density at radius 1 is 1.48 bits per heavy atom. The van der Waals surface area contributed by atoms with Gasteiger partial charge in [0.2, 0.25) is 0 Å². The molecule has 1 aliphatic rings. The lowest BCUT2D eigenvalue weighted by molar-refractivity contribution is -0.135. The van der Waals surface area contributed by atoms with E-state index >= 15 is 0 Å². The second kappa shape index (κ2) is 6.93. The molecular weight excluding hydrogens is 289 g/mol. The highest BCUT2D eigenvalue weighted by molar-refractivity contribution is 5.92. The molecule has 2 heterocycles. The molecule has 0 aromatic carbocycles. The number of amides is 1. The van der Waals surface area contributed by atoms with Crippen LogP contribution in [0.1, 0.15) is 35.5 Å². The third kappa shape index (κ3) is 5.37. The van der Waals surface area contributed by atoms with Crippen molar-refractivity contribution in [1.29, 1.82) is 0 Å². The Balaban J connectivity index is 1.74. The van der Waals surface area contributed by atoms with E-state index in [1.807, 2.05) is 0 Å². The van der Waals surface area contributed by atoms with Gasteiger partial charge in [0.25, 0.3) is 5.91 Å². The standard InChI is InChI=1S/C13H17F3N2O3/c14-13(15,16)4-1-2-10-6-11(18-21-10)12(19)17-7-9-3-5-20-8-9/h6,9H,1-5,7-8H2,(H,17,19). The zero-order valence-electron chi connectivity index (χ0n) is 11.4. The summed E-state index contributed by atoms with van der Waals surface area (Å²) in [7, 11) is 0. The lowest BCUT2D eigenvalue weighted by atomic mass is 10.1. The summed E-state index contributed by atoms with van der Waals surface area (Å²) in [6.45, 7) is 1.82. The van der Waals surface area contributed by atoms with Crippen LogP contribution in [0.5, 0.6) is 0 Å². The first-order chi connectivity index (χ1) is 9.94. The highest BCUT2D eigenvalue weighted by Gasteiger charge is 2.26. The molecule has 2 rings (SSSR count). The molecule has 0 spiro atoms. The number of hydrogen-bond donors (Lipinski definition) is 1. The number of alkyl halides is 3. The number of halogens is 3. The van der Waals surface area contributed by atoms with Gasteiger partial charge in [-0.05, 0) is 12.8 Å². The minimum Gasteiger partial charge on any atom is -0.381 e. The molecule has 1 fully saturated rings. The van der Waals surface area contributed by atoms with Crippen molar-refractivity contribution >= 4 is 5.91 Å². The maximum atomic E-state index is 12.0. The lowest BCUT2D eigenvalue weighted by Crippen LogP contribution is -2.29. The summed E-state index contributed by atoms with van der Waals surface area (Å²) in [6.07, 6.45) is -4.13. The fraction of sp³-hybridized carbons (Fsp3) is 0.692. The number of carbonyl (C=O) groups is 1. The van der Waals surface area contributed by atoms with E-state index < -0.39 is 12.6 Å². The van der Waals surface area contributed by atoms with Crippen LogP contribution in [0.4, 0.5) is 13.2 Å². The van der Waals surface area contributed by atoms with Crippen LogP contribution in [-0.2, 0) is 11.2 Å². The molecular formula is C13H17F3N2O3. The fourth-order valence-electron chi connectivity index (χ4n) is 2.07. The molecule has 1 amide bonds. The molecule has 1 aromatic rings. The first kappa shape index (κ1) is 15.8. The van der Waals surface area contributed by atoms with Gasteiger partial charge >= 0.3 is 6.18 Å². The van der Waals surface area contributed by atoms with Crippen LogP contribution in [0.25, 0.3) is 0 Å². The van der Waals surface area contributed by atoms with E-state index in [-0.39, 0.29) is 30.2 Å². The number of nitrogens with one attached hydrogen (secondary N) is 1. The maximum Gasteiger partial charge on any atom is 0.389 e. The largest absolute Gasteiger partial charge is 0.389 e. The first-order valence-electron chi connectivity index (χ1n) is 6.82. The third-order valence-electron chi connectivity index (χ3n) is 3.25. The van der Waals surface area contributed by atoms with Crippen molar-refractivity contribution in [2.75, 3.05) is 19.8 Å². The Bertz CT molecular complexity index is 467. The summed E-state index contributed by atoms with van der Waals surface area (Å²) in [5.74, 6) is 0.202. The zero-order chi connectivity index (χ0) is 15.3. The zero-order valence-corrected chi connectivity index (χ0v) is 11.4. The molecule has 21 heavy (non-hydrogen) atoms.